The van der Waals surface area contributed by atoms with Gasteiger partial charge in [-0.1, -0.05) is 49.6 Å². The van der Waals surface area contributed by atoms with Gasteiger partial charge in [0.15, 0.2) is 17.0 Å². The predicted molar refractivity (Wildman–Crippen MR) is 119 cm³/mol. The van der Waals surface area contributed by atoms with E-state index < -0.39 is 0 Å². The van der Waals surface area contributed by atoms with Crippen molar-refractivity contribution in [3.8, 4) is 11.4 Å². The fraction of sp³-hybridized carbons (Fsp3) is 0.522. The van der Waals surface area contributed by atoms with Gasteiger partial charge in [-0.2, -0.15) is 0 Å². The summed E-state index contributed by atoms with van der Waals surface area (Å²) in [6.07, 6.45) is 7.39. The van der Waals surface area contributed by atoms with Gasteiger partial charge in [0.05, 0.1) is 0 Å². The molecule has 2 aromatic heterocycles. The molecule has 0 bridgehead atoms. The molecule has 1 N–H and O–H groups in total. The number of hydrogen-bond donors (Lipinski definition) is 1. The number of anilines is 1. The summed E-state index contributed by atoms with van der Waals surface area (Å²) in [6, 6.07) is 10.9. The van der Waals surface area contributed by atoms with Crippen molar-refractivity contribution in [2.24, 2.45) is 0 Å². The van der Waals surface area contributed by atoms with Crippen molar-refractivity contribution in [3.05, 3.63) is 36.2 Å². The minimum Gasteiger partial charge on any atom is -0.365 e. The monoisotopic (exact) mass is 392 g/mol. The Morgan fingerprint density at radius 3 is 2.52 bits per heavy atom. The second kappa shape index (κ2) is 8.91. The summed E-state index contributed by atoms with van der Waals surface area (Å²) in [5.74, 6) is 2.66. The van der Waals surface area contributed by atoms with Crippen LogP contribution in [0.15, 0.2) is 30.3 Å². The lowest BCUT2D eigenvalue weighted by molar-refractivity contribution is 0.388. The zero-order valence-corrected chi connectivity index (χ0v) is 17.9. The van der Waals surface area contributed by atoms with Gasteiger partial charge in [-0.25, -0.2) is 15.0 Å². The van der Waals surface area contributed by atoms with E-state index in [0.29, 0.717) is 6.04 Å². The van der Waals surface area contributed by atoms with Gasteiger partial charge in [0, 0.05) is 18.2 Å². The number of fused-ring (bicyclic) bond motifs is 1. The predicted octanol–water partition coefficient (Wildman–Crippen LogP) is 4.50. The number of nitrogens with zero attached hydrogens (tertiary/aromatic N) is 5. The maximum atomic E-state index is 5.05. The molecule has 0 atom stereocenters. The van der Waals surface area contributed by atoms with Crippen LogP contribution >= 0.6 is 0 Å². The summed E-state index contributed by atoms with van der Waals surface area (Å²) in [6.45, 7) is 3.90. The Labute approximate surface area is 173 Å². The van der Waals surface area contributed by atoms with Crippen LogP contribution in [0.2, 0.25) is 0 Å². The second-order valence-corrected chi connectivity index (χ2v) is 8.38. The van der Waals surface area contributed by atoms with Gasteiger partial charge in [-0.15, -0.1) is 0 Å². The summed E-state index contributed by atoms with van der Waals surface area (Å²) in [4.78, 5) is 16.8. The third-order valence-electron chi connectivity index (χ3n) is 5.67. The molecule has 1 aliphatic rings. The van der Waals surface area contributed by atoms with Crippen LogP contribution in [-0.2, 0) is 6.54 Å². The second-order valence-electron chi connectivity index (χ2n) is 8.38. The molecule has 0 saturated heterocycles. The van der Waals surface area contributed by atoms with Gasteiger partial charge >= 0.3 is 0 Å². The highest BCUT2D eigenvalue weighted by Gasteiger charge is 2.21. The lowest BCUT2D eigenvalue weighted by atomic mass is 9.95. The van der Waals surface area contributed by atoms with Crippen LogP contribution in [0.25, 0.3) is 22.6 Å². The minimum atomic E-state index is 0.486. The molecule has 0 radical (unpaired) electrons. The molecule has 1 fully saturated rings. The molecule has 3 aromatic rings. The molecular weight excluding hydrogens is 360 g/mol. The number of aryl methyl sites for hydroxylation is 2. The normalized spacial score (nSPS) is 15.3. The van der Waals surface area contributed by atoms with Crippen LogP contribution in [0.4, 0.5) is 5.82 Å². The highest BCUT2D eigenvalue weighted by molar-refractivity contribution is 5.86. The van der Waals surface area contributed by atoms with Gasteiger partial charge in [0.25, 0.3) is 0 Å². The van der Waals surface area contributed by atoms with E-state index >= 15 is 0 Å². The van der Waals surface area contributed by atoms with E-state index in [0.717, 1.165) is 53.7 Å². The van der Waals surface area contributed by atoms with Crippen molar-refractivity contribution >= 4 is 17.0 Å². The molecule has 0 aliphatic heterocycles. The molecule has 0 unspecified atom stereocenters. The van der Waals surface area contributed by atoms with Crippen LogP contribution in [0, 0.1) is 6.92 Å². The van der Waals surface area contributed by atoms with E-state index in [1.807, 2.05) is 13.0 Å². The fourth-order valence-corrected chi connectivity index (χ4v) is 4.21. The standard InChI is InChI=1S/C23H32N6/c1-17-24-21(26-19-13-8-5-9-14-19)20-23(25-17)29(16-10-15-28(2)3)22(27-20)18-11-6-4-7-12-18/h4,6-7,11-12,19H,5,8-10,13-16H2,1-3H3,(H,24,25,26). The van der Waals surface area contributed by atoms with E-state index in [2.05, 4.69) is 53.1 Å². The van der Waals surface area contributed by atoms with E-state index in [1.165, 1.54) is 32.1 Å². The average molecular weight is 393 g/mol. The topological polar surface area (TPSA) is 58.9 Å². The minimum absolute atomic E-state index is 0.486. The van der Waals surface area contributed by atoms with E-state index in [4.69, 9.17) is 15.0 Å². The number of hydrogen-bond acceptors (Lipinski definition) is 5. The molecule has 0 spiro atoms. The molecule has 0 amide bonds. The molecule has 1 saturated carbocycles. The maximum absolute atomic E-state index is 5.05. The summed E-state index contributed by atoms with van der Waals surface area (Å²) in [7, 11) is 4.23. The smallest absolute Gasteiger partial charge is 0.166 e. The molecule has 1 aromatic carbocycles. The molecule has 29 heavy (non-hydrogen) atoms. The summed E-state index contributed by atoms with van der Waals surface area (Å²) >= 11 is 0. The van der Waals surface area contributed by atoms with Crippen molar-refractivity contribution in [1.82, 2.24) is 24.4 Å². The van der Waals surface area contributed by atoms with Gasteiger partial charge in [0.2, 0.25) is 0 Å². The third-order valence-corrected chi connectivity index (χ3v) is 5.67. The maximum Gasteiger partial charge on any atom is 0.166 e. The highest BCUT2D eigenvalue weighted by atomic mass is 15.2. The van der Waals surface area contributed by atoms with Gasteiger partial charge in [-0.3, -0.25) is 0 Å². The van der Waals surface area contributed by atoms with Crippen LogP contribution in [0.5, 0.6) is 0 Å². The van der Waals surface area contributed by atoms with Crippen molar-refractivity contribution < 1.29 is 0 Å². The molecule has 154 valence electrons. The molecular formula is C23H32N6. The Hall–Kier alpha value is -2.47. The van der Waals surface area contributed by atoms with E-state index in [1.54, 1.807) is 0 Å². The lowest BCUT2D eigenvalue weighted by Gasteiger charge is -2.23. The van der Waals surface area contributed by atoms with Crippen molar-refractivity contribution in [2.75, 3.05) is 26.0 Å². The molecule has 6 nitrogen and oxygen atoms in total. The van der Waals surface area contributed by atoms with Crippen molar-refractivity contribution in [3.63, 3.8) is 0 Å². The quantitative estimate of drug-likeness (QED) is 0.642. The molecule has 6 heteroatoms. The molecule has 2 heterocycles. The van der Waals surface area contributed by atoms with Crippen LogP contribution in [0.1, 0.15) is 44.3 Å². The first-order valence-corrected chi connectivity index (χ1v) is 10.8. The Balaban J connectivity index is 1.76. The van der Waals surface area contributed by atoms with Gasteiger partial charge < -0.3 is 14.8 Å². The Bertz CT molecular complexity index is 941. The van der Waals surface area contributed by atoms with Gasteiger partial charge in [-0.05, 0) is 46.8 Å². The largest absolute Gasteiger partial charge is 0.365 e. The lowest BCUT2D eigenvalue weighted by Crippen LogP contribution is -2.23. The first-order chi connectivity index (χ1) is 14.1. The van der Waals surface area contributed by atoms with Gasteiger partial charge in [0.1, 0.15) is 11.6 Å². The van der Waals surface area contributed by atoms with Crippen molar-refractivity contribution in [1.29, 1.82) is 0 Å². The number of rotatable bonds is 7. The first-order valence-electron chi connectivity index (χ1n) is 10.8. The number of nitrogens with one attached hydrogen (secondary N) is 1. The van der Waals surface area contributed by atoms with Crippen LogP contribution in [-0.4, -0.2) is 51.1 Å². The number of benzene rings is 1. The number of aromatic nitrogens is 4. The average Bonchev–Trinajstić information content (AvgIpc) is 3.08. The van der Waals surface area contributed by atoms with E-state index in [9.17, 15) is 0 Å². The first kappa shape index (κ1) is 19.8. The third kappa shape index (κ3) is 4.58. The van der Waals surface area contributed by atoms with Crippen molar-refractivity contribution in [2.45, 2.75) is 58.0 Å². The zero-order chi connectivity index (χ0) is 20.2. The summed E-state index contributed by atoms with van der Waals surface area (Å²) in [5.41, 5.74) is 2.95. The highest BCUT2D eigenvalue weighted by Crippen LogP contribution is 2.29. The fourth-order valence-electron chi connectivity index (χ4n) is 4.21. The summed E-state index contributed by atoms with van der Waals surface area (Å²) in [5, 5.41) is 3.70. The Kier molecular flexibility index (Phi) is 6.09. The SMILES string of the molecule is Cc1nc(NC2CCCCC2)c2nc(-c3ccccc3)n(CCCN(C)C)c2n1. The number of imidazole rings is 1. The molecule has 4 rings (SSSR count). The van der Waals surface area contributed by atoms with Crippen LogP contribution < -0.4 is 5.32 Å². The molecule has 1 aliphatic carbocycles. The Morgan fingerprint density at radius 2 is 1.79 bits per heavy atom. The van der Waals surface area contributed by atoms with E-state index in [-0.39, 0.29) is 0 Å². The zero-order valence-electron chi connectivity index (χ0n) is 17.9. The van der Waals surface area contributed by atoms with Crippen LogP contribution in [0.3, 0.4) is 0 Å². The summed E-state index contributed by atoms with van der Waals surface area (Å²) < 4.78 is 2.27. The Morgan fingerprint density at radius 1 is 1.03 bits per heavy atom.